The minimum Gasteiger partial charge on any atom is -0.361 e. The molecule has 0 saturated heterocycles. The molecule has 6 heteroatoms. The van der Waals surface area contributed by atoms with Crippen LogP contribution in [-0.4, -0.2) is 21.5 Å². The van der Waals surface area contributed by atoms with Crippen molar-refractivity contribution in [3.8, 4) is 6.07 Å². The van der Waals surface area contributed by atoms with Crippen LogP contribution in [0.1, 0.15) is 16.8 Å². The van der Waals surface area contributed by atoms with Crippen molar-refractivity contribution in [3.63, 3.8) is 0 Å². The Kier molecular flexibility index (Phi) is 5.17. The molecule has 3 heterocycles. The summed E-state index contributed by atoms with van der Waals surface area (Å²) in [6.07, 6.45) is 13.5. The molecule has 2 aromatic rings. The first-order valence-corrected chi connectivity index (χ1v) is 7.99. The number of pyridine rings is 1. The normalized spacial score (nSPS) is 14.6. The van der Waals surface area contributed by atoms with Gasteiger partial charge in [-0.15, -0.1) is 0 Å². The summed E-state index contributed by atoms with van der Waals surface area (Å²) in [4.78, 5) is 12.9. The van der Waals surface area contributed by atoms with Crippen LogP contribution in [0.2, 0.25) is 0 Å². The van der Waals surface area contributed by atoms with Crippen LogP contribution in [-0.2, 0) is 6.42 Å². The third-order valence-corrected chi connectivity index (χ3v) is 3.72. The van der Waals surface area contributed by atoms with E-state index in [4.69, 9.17) is 0 Å². The summed E-state index contributed by atoms with van der Waals surface area (Å²) in [6, 6.07) is 6.19. The van der Waals surface area contributed by atoms with Crippen molar-refractivity contribution in [1.29, 1.82) is 5.26 Å². The molecule has 0 fully saturated rings. The van der Waals surface area contributed by atoms with Crippen LogP contribution in [0.3, 0.4) is 0 Å². The van der Waals surface area contributed by atoms with Gasteiger partial charge >= 0.3 is 0 Å². The van der Waals surface area contributed by atoms with E-state index in [0.717, 1.165) is 23.2 Å². The van der Waals surface area contributed by atoms with Gasteiger partial charge in [0, 0.05) is 31.3 Å². The number of aromatic nitrogens is 3. The average molecular weight is 330 g/mol. The van der Waals surface area contributed by atoms with E-state index in [0.29, 0.717) is 23.8 Å². The van der Waals surface area contributed by atoms with Crippen molar-refractivity contribution in [1.82, 2.24) is 20.3 Å². The lowest BCUT2D eigenvalue weighted by molar-refractivity contribution is 0.966. The molecule has 6 nitrogen and oxygen atoms in total. The molecule has 0 aromatic carbocycles. The van der Waals surface area contributed by atoms with E-state index < -0.39 is 0 Å². The number of nitrogens with zero attached hydrogens (tertiary/aromatic N) is 4. The summed E-state index contributed by atoms with van der Waals surface area (Å²) in [5.41, 5.74) is 3.85. The molecule has 25 heavy (non-hydrogen) atoms. The molecule has 1 aliphatic rings. The maximum Gasteiger partial charge on any atom is 0.223 e. The van der Waals surface area contributed by atoms with Gasteiger partial charge in [-0.2, -0.15) is 5.26 Å². The Balaban J connectivity index is 1.77. The molecule has 0 unspecified atom stereocenters. The lowest BCUT2D eigenvalue weighted by Gasteiger charge is -2.12. The SMILES string of the molecule is Cc1cnc(NCCc2cccnc2)nc1C(C#N)=C1C=CC=CN1. The fourth-order valence-corrected chi connectivity index (χ4v) is 2.43. The predicted octanol–water partition coefficient (Wildman–Crippen LogP) is 2.74. The van der Waals surface area contributed by atoms with E-state index in [1.807, 2.05) is 43.5 Å². The second-order valence-corrected chi connectivity index (χ2v) is 5.53. The van der Waals surface area contributed by atoms with Gasteiger partial charge in [0.1, 0.15) is 11.6 Å². The molecule has 2 N–H and O–H groups in total. The van der Waals surface area contributed by atoms with Gasteiger partial charge in [0.25, 0.3) is 0 Å². The average Bonchev–Trinajstić information content (AvgIpc) is 2.66. The van der Waals surface area contributed by atoms with Gasteiger partial charge in [-0.1, -0.05) is 12.1 Å². The quantitative estimate of drug-likeness (QED) is 0.820. The van der Waals surface area contributed by atoms with Crippen LogP contribution in [0.15, 0.2) is 60.8 Å². The molecule has 1 aliphatic heterocycles. The van der Waals surface area contributed by atoms with Crippen LogP contribution in [0, 0.1) is 18.3 Å². The summed E-state index contributed by atoms with van der Waals surface area (Å²) in [7, 11) is 0. The number of dihydropyridines is 1. The Bertz CT molecular complexity index is 875. The minimum absolute atomic E-state index is 0.496. The largest absolute Gasteiger partial charge is 0.361 e. The highest BCUT2D eigenvalue weighted by molar-refractivity contribution is 5.80. The lowest BCUT2D eigenvalue weighted by Crippen LogP contribution is -2.12. The second kappa shape index (κ2) is 7.88. The second-order valence-electron chi connectivity index (χ2n) is 5.53. The van der Waals surface area contributed by atoms with Crippen LogP contribution < -0.4 is 10.6 Å². The monoisotopic (exact) mass is 330 g/mol. The maximum absolute atomic E-state index is 9.58. The maximum atomic E-state index is 9.58. The first kappa shape index (κ1) is 16.4. The number of allylic oxidation sites excluding steroid dienone is 4. The summed E-state index contributed by atoms with van der Waals surface area (Å²) >= 11 is 0. The van der Waals surface area contributed by atoms with E-state index in [2.05, 4.69) is 31.7 Å². The van der Waals surface area contributed by atoms with Crippen molar-refractivity contribution >= 4 is 11.5 Å². The van der Waals surface area contributed by atoms with Crippen molar-refractivity contribution in [2.24, 2.45) is 0 Å². The van der Waals surface area contributed by atoms with Gasteiger partial charge in [0.2, 0.25) is 5.95 Å². The standard InChI is InChI=1S/C19H18N6/c1-14-12-24-19(23-10-7-15-5-4-8-21-13-15)25-18(14)16(11-20)17-6-2-3-9-22-17/h2-6,8-9,12-13,22H,7,10H2,1H3,(H,23,24,25). The van der Waals surface area contributed by atoms with E-state index >= 15 is 0 Å². The molecule has 0 saturated carbocycles. The van der Waals surface area contributed by atoms with Crippen molar-refractivity contribution in [3.05, 3.63) is 77.7 Å². The summed E-state index contributed by atoms with van der Waals surface area (Å²) < 4.78 is 0. The molecule has 0 spiro atoms. The fourth-order valence-electron chi connectivity index (χ4n) is 2.43. The highest BCUT2D eigenvalue weighted by atomic mass is 15.1. The zero-order valence-corrected chi connectivity index (χ0v) is 13.9. The van der Waals surface area contributed by atoms with E-state index in [1.165, 1.54) is 0 Å². The van der Waals surface area contributed by atoms with Gasteiger partial charge in [-0.25, -0.2) is 9.97 Å². The fraction of sp³-hybridized carbons (Fsp3) is 0.158. The zero-order chi connectivity index (χ0) is 17.5. The van der Waals surface area contributed by atoms with Crippen LogP contribution in [0.25, 0.3) is 5.57 Å². The Morgan fingerprint density at radius 2 is 2.24 bits per heavy atom. The minimum atomic E-state index is 0.496. The molecule has 0 aliphatic carbocycles. The third kappa shape index (κ3) is 4.09. The van der Waals surface area contributed by atoms with Crippen molar-refractivity contribution in [2.75, 3.05) is 11.9 Å². The Hall–Kier alpha value is -3.46. The first-order chi connectivity index (χ1) is 12.3. The molecule has 0 atom stereocenters. The van der Waals surface area contributed by atoms with Gasteiger partial charge in [-0.05, 0) is 42.7 Å². The lowest BCUT2D eigenvalue weighted by atomic mass is 10.1. The molecule has 0 bridgehead atoms. The van der Waals surface area contributed by atoms with Crippen LogP contribution in [0.4, 0.5) is 5.95 Å². The number of hydrogen-bond acceptors (Lipinski definition) is 6. The number of anilines is 1. The zero-order valence-electron chi connectivity index (χ0n) is 13.9. The highest BCUT2D eigenvalue weighted by Crippen LogP contribution is 2.21. The van der Waals surface area contributed by atoms with Crippen LogP contribution in [0.5, 0.6) is 0 Å². The number of nitriles is 1. The highest BCUT2D eigenvalue weighted by Gasteiger charge is 2.13. The molecular formula is C19H18N6. The first-order valence-electron chi connectivity index (χ1n) is 7.99. The van der Waals surface area contributed by atoms with E-state index in [-0.39, 0.29) is 0 Å². The number of rotatable bonds is 5. The molecule has 3 rings (SSSR count). The van der Waals surface area contributed by atoms with Gasteiger partial charge in [0.05, 0.1) is 11.4 Å². The number of nitrogens with one attached hydrogen (secondary N) is 2. The Morgan fingerprint density at radius 1 is 1.32 bits per heavy atom. The number of hydrogen-bond donors (Lipinski definition) is 2. The Morgan fingerprint density at radius 3 is 2.96 bits per heavy atom. The predicted molar refractivity (Wildman–Crippen MR) is 97.1 cm³/mol. The Labute approximate surface area is 146 Å². The van der Waals surface area contributed by atoms with Gasteiger partial charge < -0.3 is 10.6 Å². The number of aryl methyl sites for hydroxylation is 1. The molecule has 124 valence electrons. The molecule has 0 radical (unpaired) electrons. The van der Waals surface area contributed by atoms with Crippen molar-refractivity contribution in [2.45, 2.75) is 13.3 Å². The summed E-state index contributed by atoms with van der Waals surface area (Å²) in [6.45, 7) is 2.59. The van der Waals surface area contributed by atoms with Crippen molar-refractivity contribution < 1.29 is 0 Å². The van der Waals surface area contributed by atoms with E-state index in [1.54, 1.807) is 18.6 Å². The van der Waals surface area contributed by atoms with Gasteiger partial charge in [-0.3, -0.25) is 4.98 Å². The molecule has 2 aromatic heterocycles. The smallest absolute Gasteiger partial charge is 0.223 e. The van der Waals surface area contributed by atoms with E-state index in [9.17, 15) is 5.26 Å². The van der Waals surface area contributed by atoms with Gasteiger partial charge in [0.15, 0.2) is 0 Å². The third-order valence-electron chi connectivity index (χ3n) is 3.72. The molecule has 0 amide bonds. The summed E-state index contributed by atoms with van der Waals surface area (Å²) in [5.74, 6) is 0.508. The van der Waals surface area contributed by atoms with Crippen LogP contribution >= 0.6 is 0 Å². The topological polar surface area (TPSA) is 86.5 Å². The summed E-state index contributed by atoms with van der Waals surface area (Å²) in [5, 5.41) is 15.9. The molecular weight excluding hydrogens is 312 g/mol.